The Morgan fingerprint density at radius 3 is 2.76 bits per heavy atom. The lowest BCUT2D eigenvalue weighted by Crippen LogP contribution is -2.49. The van der Waals surface area contributed by atoms with E-state index in [9.17, 15) is 0 Å². The molecule has 96 valence electrons. The zero-order valence-electron chi connectivity index (χ0n) is 10.2. The van der Waals surface area contributed by atoms with E-state index in [0.717, 1.165) is 37.9 Å². The van der Waals surface area contributed by atoms with Crippen molar-refractivity contribution < 1.29 is 4.74 Å². The van der Waals surface area contributed by atoms with E-state index in [4.69, 9.17) is 10.5 Å². The van der Waals surface area contributed by atoms with Gasteiger partial charge in [0.1, 0.15) is 0 Å². The highest BCUT2D eigenvalue weighted by atomic mass is 32.1. The van der Waals surface area contributed by atoms with Crippen LogP contribution in [0.15, 0.2) is 11.6 Å². The second-order valence-corrected chi connectivity index (χ2v) is 5.07. The zero-order valence-corrected chi connectivity index (χ0v) is 11.0. The molecule has 1 unspecified atom stereocenters. The zero-order chi connectivity index (χ0) is 12.1. The van der Waals surface area contributed by atoms with Crippen molar-refractivity contribution in [2.45, 2.75) is 6.10 Å². The predicted molar refractivity (Wildman–Crippen MR) is 70.6 cm³/mol. The van der Waals surface area contributed by atoms with E-state index in [-0.39, 0.29) is 6.10 Å². The van der Waals surface area contributed by atoms with E-state index in [1.807, 2.05) is 11.6 Å². The molecule has 6 heteroatoms. The van der Waals surface area contributed by atoms with Gasteiger partial charge >= 0.3 is 0 Å². The SMILES string of the molecule is COC(CN)CN1CCN(c2nccs2)CC1. The number of thiazole rings is 1. The Kier molecular flexibility index (Phi) is 4.73. The molecule has 0 bridgehead atoms. The smallest absolute Gasteiger partial charge is 0.185 e. The second kappa shape index (κ2) is 6.30. The van der Waals surface area contributed by atoms with Gasteiger partial charge < -0.3 is 15.4 Å². The Balaban J connectivity index is 1.78. The van der Waals surface area contributed by atoms with Crippen LogP contribution in [0, 0.1) is 0 Å². The van der Waals surface area contributed by atoms with Gasteiger partial charge in [0, 0.05) is 58.0 Å². The summed E-state index contributed by atoms with van der Waals surface area (Å²) in [5.41, 5.74) is 5.63. The summed E-state index contributed by atoms with van der Waals surface area (Å²) >= 11 is 1.71. The Morgan fingerprint density at radius 2 is 2.24 bits per heavy atom. The summed E-state index contributed by atoms with van der Waals surface area (Å²) in [6.45, 7) is 5.70. The standard InChI is InChI=1S/C11H20N4OS/c1-16-10(8-12)9-14-3-5-15(6-4-14)11-13-2-7-17-11/h2,7,10H,3-6,8-9,12H2,1H3. The van der Waals surface area contributed by atoms with Crippen LogP contribution >= 0.6 is 11.3 Å². The van der Waals surface area contributed by atoms with Crippen molar-refractivity contribution in [1.82, 2.24) is 9.88 Å². The maximum Gasteiger partial charge on any atom is 0.185 e. The van der Waals surface area contributed by atoms with Crippen LogP contribution < -0.4 is 10.6 Å². The number of ether oxygens (including phenoxy) is 1. The fraction of sp³-hybridized carbons (Fsp3) is 0.727. The summed E-state index contributed by atoms with van der Waals surface area (Å²) in [5, 5.41) is 3.16. The van der Waals surface area contributed by atoms with E-state index in [2.05, 4.69) is 14.8 Å². The number of piperazine rings is 1. The van der Waals surface area contributed by atoms with Gasteiger partial charge in [0.05, 0.1) is 6.10 Å². The van der Waals surface area contributed by atoms with E-state index in [1.165, 1.54) is 0 Å². The van der Waals surface area contributed by atoms with Crippen molar-refractivity contribution in [2.24, 2.45) is 5.73 Å². The number of aromatic nitrogens is 1. The van der Waals surface area contributed by atoms with Crippen molar-refractivity contribution in [1.29, 1.82) is 0 Å². The highest BCUT2D eigenvalue weighted by Gasteiger charge is 2.20. The van der Waals surface area contributed by atoms with Crippen LogP contribution in [0.1, 0.15) is 0 Å². The Hall–Kier alpha value is -0.690. The van der Waals surface area contributed by atoms with Gasteiger partial charge in [-0.05, 0) is 0 Å². The minimum absolute atomic E-state index is 0.154. The van der Waals surface area contributed by atoms with Gasteiger partial charge in [0.2, 0.25) is 0 Å². The molecule has 0 spiro atoms. The van der Waals surface area contributed by atoms with Gasteiger partial charge in [-0.2, -0.15) is 0 Å². The predicted octanol–water partition coefficient (Wildman–Crippen LogP) is 0.239. The molecular weight excluding hydrogens is 236 g/mol. The maximum absolute atomic E-state index is 5.63. The third-order valence-electron chi connectivity index (χ3n) is 3.12. The van der Waals surface area contributed by atoms with Gasteiger partial charge in [-0.15, -0.1) is 11.3 Å². The molecule has 0 saturated carbocycles. The van der Waals surface area contributed by atoms with Crippen LogP contribution in [0.25, 0.3) is 0 Å². The third kappa shape index (κ3) is 3.38. The van der Waals surface area contributed by atoms with E-state index in [0.29, 0.717) is 6.54 Å². The molecular formula is C11H20N4OS. The fourth-order valence-corrected chi connectivity index (χ4v) is 2.72. The summed E-state index contributed by atoms with van der Waals surface area (Å²) in [5.74, 6) is 0. The first-order chi connectivity index (χ1) is 8.33. The lowest BCUT2D eigenvalue weighted by molar-refractivity contribution is 0.0679. The molecule has 1 atom stereocenters. The topological polar surface area (TPSA) is 54.6 Å². The lowest BCUT2D eigenvalue weighted by atomic mass is 10.2. The van der Waals surface area contributed by atoms with Crippen LogP contribution in [0.3, 0.4) is 0 Å². The van der Waals surface area contributed by atoms with Crippen LogP contribution in [-0.4, -0.2) is 62.4 Å². The van der Waals surface area contributed by atoms with Gasteiger partial charge in [-0.1, -0.05) is 0 Å². The molecule has 2 heterocycles. The summed E-state index contributed by atoms with van der Waals surface area (Å²) in [7, 11) is 1.73. The molecule has 0 amide bonds. The summed E-state index contributed by atoms with van der Waals surface area (Å²) in [4.78, 5) is 9.09. The quantitative estimate of drug-likeness (QED) is 0.818. The highest BCUT2D eigenvalue weighted by molar-refractivity contribution is 7.13. The third-order valence-corrected chi connectivity index (χ3v) is 3.95. The summed E-state index contributed by atoms with van der Waals surface area (Å²) in [6.07, 6.45) is 2.02. The minimum atomic E-state index is 0.154. The normalized spacial score (nSPS) is 19.5. The molecule has 0 aromatic carbocycles. The summed E-state index contributed by atoms with van der Waals surface area (Å²) in [6, 6.07) is 0. The van der Waals surface area contributed by atoms with Crippen molar-refractivity contribution >= 4 is 16.5 Å². The Labute approximate surface area is 106 Å². The first-order valence-electron chi connectivity index (χ1n) is 5.93. The number of nitrogens with two attached hydrogens (primary N) is 1. The second-order valence-electron chi connectivity index (χ2n) is 4.20. The van der Waals surface area contributed by atoms with Gasteiger partial charge in [-0.25, -0.2) is 4.98 Å². The summed E-state index contributed by atoms with van der Waals surface area (Å²) < 4.78 is 5.31. The Bertz CT molecular complexity index is 307. The van der Waals surface area contributed by atoms with Crippen LogP contribution in [0.5, 0.6) is 0 Å². The lowest BCUT2D eigenvalue weighted by Gasteiger charge is -2.35. The number of rotatable bonds is 5. The van der Waals surface area contributed by atoms with Crippen molar-refractivity contribution in [2.75, 3.05) is 51.3 Å². The number of anilines is 1. The molecule has 1 fully saturated rings. The molecule has 1 aliphatic heterocycles. The molecule has 0 radical (unpaired) electrons. The van der Waals surface area contributed by atoms with Crippen LogP contribution in [0.4, 0.5) is 5.13 Å². The molecule has 1 aromatic rings. The molecule has 0 aliphatic carbocycles. The van der Waals surface area contributed by atoms with Crippen molar-refractivity contribution in [3.63, 3.8) is 0 Å². The van der Waals surface area contributed by atoms with Gasteiger partial charge in [0.25, 0.3) is 0 Å². The molecule has 2 rings (SSSR count). The van der Waals surface area contributed by atoms with Gasteiger partial charge in [-0.3, -0.25) is 4.90 Å². The fourth-order valence-electron chi connectivity index (χ4n) is 2.03. The number of nitrogens with zero attached hydrogens (tertiary/aromatic N) is 3. The molecule has 5 nitrogen and oxygen atoms in total. The van der Waals surface area contributed by atoms with Crippen molar-refractivity contribution in [3.8, 4) is 0 Å². The van der Waals surface area contributed by atoms with E-state index in [1.54, 1.807) is 18.4 Å². The average Bonchev–Trinajstić information content (AvgIpc) is 2.90. The van der Waals surface area contributed by atoms with Gasteiger partial charge in [0.15, 0.2) is 5.13 Å². The molecule has 17 heavy (non-hydrogen) atoms. The molecule has 1 aromatic heterocycles. The average molecular weight is 256 g/mol. The molecule has 1 aliphatic rings. The largest absolute Gasteiger partial charge is 0.379 e. The molecule has 1 saturated heterocycles. The van der Waals surface area contributed by atoms with E-state index >= 15 is 0 Å². The molecule has 2 N–H and O–H groups in total. The number of methoxy groups -OCH3 is 1. The Morgan fingerprint density at radius 1 is 1.47 bits per heavy atom. The number of hydrogen-bond acceptors (Lipinski definition) is 6. The maximum atomic E-state index is 5.63. The van der Waals surface area contributed by atoms with Crippen LogP contribution in [-0.2, 0) is 4.74 Å². The number of hydrogen-bond donors (Lipinski definition) is 1. The van der Waals surface area contributed by atoms with Crippen LogP contribution in [0.2, 0.25) is 0 Å². The highest BCUT2D eigenvalue weighted by Crippen LogP contribution is 2.18. The van der Waals surface area contributed by atoms with Crippen molar-refractivity contribution in [3.05, 3.63) is 11.6 Å². The first-order valence-corrected chi connectivity index (χ1v) is 6.81. The first kappa shape index (κ1) is 12.8. The minimum Gasteiger partial charge on any atom is -0.379 e. The van der Waals surface area contributed by atoms with E-state index < -0.39 is 0 Å². The monoisotopic (exact) mass is 256 g/mol.